The van der Waals surface area contributed by atoms with Gasteiger partial charge in [0.2, 0.25) is 0 Å². The molecule has 2 rings (SSSR count). The van der Waals surface area contributed by atoms with Crippen molar-refractivity contribution >= 4 is 24.0 Å². The number of nitrogens with zero attached hydrogens (tertiary/aromatic N) is 1. The van der Waals surface area contributed by atoms with Crippen molar-refractivity contribution in [2.24, 2.45) is 5.92 Å². The third-order valence-electron chi connectivity index (χ3n) is 4.13. The van der Waals surface area contributed by atoms with Crippen LogP contribution in [0.4, 0.5) is 4.39 Å². The maximum atomic E-state index is 14.4. The highest BCUT2D eigenvalue weighted by Gasteiger charge is 2.29. The fourth-order valence-corrected chi connectivity index (χ4v) is 3.37. The Morgan fingerprint density at radius 2 is 2.00 bits per heavy atom. The summed E-state index contributed by atoms with van der Waals surface area (Å²) in [5.41, 5.74) is 0.750. The van der Waals surface area contributed by atoms with E-state index in [0.29, 0.717) is 5.92 Å². The molecule has 0 amide bonds. The predicted molar refractivity (Wildman–Crippen MR) is 89.9 cm³/mol. The lowest BCUT2D eigenvalue weighted by atomic mass is 9.89. The molecule has 1 heterocycles. The topological polar surface area (TPSA) is 15.3 Å². The molecule has 1 unspecified atom stereocenters. The minimum atomic E-state index is -0.249. The van der Waals surface area contributed by atoms with Gasteiger partial charge in [0, 0.05) is 37.8 Å². The smallest absolute Gasteiger partial charge is 0.146 e. The zero-order valence-electron chi connectivity index (χ0n) is 12.7. The third-order valence-corrected chi connectivity index (χ3v) is 4.42. The molecular formula is C16H25Cl2FN2. The van der Waals surface area contributed by atoms with Crippen molar-refractivity contribution in [3.8, 4) is 0 Å². The molecule has 1 aromatic rings. The first-order valence-electron chi connectivity index (χ1n) is 7.53. The van der Waals surface area contributed by atoms with Gasteiger partial charge in [0.05, 0.1) is 5.02 Å². The molecule has 0 radical (unpaired) electrons. The Morgan fingerprint density at radius 1 is 1.33 bits per heavy atom. The van der Waals surface area contributed by atoms with Crippen molar-refractivity contribution in [1.29, 1.82) is 0 Å². The van der Waals surface area contributed by atoms with Crippen molar-refractivity contribution < 1.29 is 4.39 Å². The Balaban J connectivity index is 0.00000220. The maximum absolute atomic E-state index is 14.4. The highest BCUT2D eigenvalue weighted by Crippen LogP contribution is 2.35. The second-order valence-electron chi connectivity index (χ2n) is 5.64. The minimum Gasteiger partial charge on any atom is -0.314 e. The molecule has 1 fully saturated rings. The highest BCUT2D eigenvalue weighted by molar-refractivity contribution is 6.30. The molecular weight excluding hydrogens is 310 g/mol. The van der Waals surface area contributed by atoms with Crippen LogP contribution < -0.4 is 5.32 Å². The summed E-state index contributed by atoms with van der Waals surface area (Å²) in [5, 5.41) is 3.58. The number of piperazine rings is 1. The number of halogens is 3. The van der Waals surface area contributed by atoms with Gasteiger partial charge in [-0.3, -0.25) is 4.90 Å². The van der Waals surface area contributed by atoms with E-state index in [1.807, 2.05) is 12.1 Å². The fraction of sp³-hybridized carbons (Fsp3) is 0.625. The molecule has 1 saturated heterocycles. The second kappa shape index (κ2) is 8.94. The minimum absolute atomic E-state index is 0. The van der Waals surface area contributed by atoms with Gasteiger partial charge in [-0.15, -0.1) is 12.4 Å². The molecule has 2 atom stereocenters. The van der Waals surface area contributed by atoms with Gasteiger partial charge in [-0.2, -0.15) is 0 Å². The van der Waals surface area contributed by atoms with Crippen LogP contribution >= 0.6 is 24.0 Å². The van der Waals surface area contributed by atoms with Crippen molar-refractivity contribution in [2.45, 2.75) is 32.7 Å². The number of hydrogen-bond acceptors (Lipinski definition) is 2. The number of rotatable bonds is 5. The predicted octanol–water partition coefficient (Wildman–Crippen LogP) is 4.28. The van der Waals surface area contributed by atoms with E-state index in [0.717, 1.165) is 44.6 Å². The molecule has 1 aliphatic rings. The molecule has 0 spiro atoms. The van der Waals surface area contributed by atoms with Gasteiger partial charge in [-0.1, -0.05) is 44.0 Å². The zero-order valence-corrected chi connectivity index (χ0v) is 14.3. The summed E-state index contributed by atoms with van der Waals surface area (Å²) in [5.74, 6) is 0.173. The molecule has 1 aromatic carbocycles. The van der Waals surface area contributed by atoms with Crippen molar-refractivity contribution in [2.75, 3.05) is 26.2 Å². The Labute approximate surface area is 138 Å². The Morgan fingerprint density at radius 3 is 2.62 bits per heavy atom. The lowest BCUT2D eigenvalue weighted by Gasteiger charge is -2.39. The van der Waals surface area contributed by atoms with Crippen LogP contribution in [0.5, 0.6) is 0 Å². The Hall–Kier alpha value is -0.350. The van der Waals surface area contributed by atoms with Crippen LogP contribution in [0, 0.1) is 11.7 Å². The normalized spacial score (nSPS) is 18.9. The summed E-state index contributed by atoms with van der Waals surface area (Å²) in [7, 11) is 0. The summed E-state index contributed by atoms with van der Waals surface area (Å²) in [6.07, 6.45) is 2.21. The standard InChI is InChI=1S/C16H24ClFN2.ClH/c1-3-5-12(2)16(20-10-8-19-9-11-20)13-6-4-7-14(17)15(13)18;/h4,6-7,12,16,19H,3,5,8-11H2,1-2H3;1H/t12?,16-;/m1./s1. The van der Waals surface area contributed by atoms with Gasteiger partial charge in [0.15, 0.2) is 0 Å². The first-order chi connectivity index (χ1) is 9.65. The molecule has 5 heteroatoms. The van der Waals surface area contributed by atoms with E-state index < -0.39 is 0 Å². The largest absolute Gasteiger partial charge is 0.314 e. The molecule has 0 saturated carbocycles. The van der Waals surface area contributed by atoms with E-state index in [1.54, 1.807) is 6.07 Å². The zero-order chi connectivity index (χ0) is 14.5. The number of nitrogens with one attached hydrogen (secondary N) is 1. The second-order valence-corrected chi connectivity index (χ2v) is 6.05. The number of hydrogen-bond donors (Lipinski definition) is 1. The first-order valence-corrected chi connectivity index (χ1v) is 7.91. The van der Waals surface area contributed by atoms with Gasteiger partial charge < -0.3 is 5.32 Å². The quantitative estimate of drug-likeness (QED) is 0.864. The van der Waals surface area contributed by atoms with E-state index in [-0.39, 0.29) is 29.3 Å². The van der Waals surface area contributed by atoms with Crippen molar-refractivity contribution in [1.82, 2.24) is 10.2 Å². The highest BCUT2D eigenvalue weighted by atomic mass is 35.5. The molecule has 1 N–H and O–H groups in total. The lowest BCUT2D eigenvalue weighted by Crippen LogP contribution is -2.46. The van der Waals surface area contributed by atoms with Crippen LogP contribution in [-0.4, -0.2) is 31.1 Å². The van der Waals surface area contributed by atoms with Crippen molar-refractivity contribution in [3.63, 3.8) is 0 Å². The summed E-state index contributed by atoms with van der Waals surface area (Å²) in [6, 6.07) is 5.49. The van der Waals surface area contributed by atoms with E-state index >= 15 is 0 Å². The van der Waals surface area contributed by atoms with E-state index in [1.165, 1.54) is 0 Å². The Bertz CT molecular complexity index is 436. The average Bonchev–Trinajstić information content (AvgIpc) is 2.45. The van der Waals surface area contributed by atoms with Gasteiger partial charge in [-0.25, -0.2) is 4.39 Å². The summed E-state index contributed by atoms with van der Waals surface area (Å²) in [4.78, 5) is 2.39. The maximum Gasteiger partial charge on any atom is 0.146 e. The molecule has 21 heavy (non-hydrogen) atoms. The van der Waals surface area contributed by atoms with Crippen LogP contribution in [0.25, 0.3) is 0 Å². The molecule has 1 aliphatic heterocycles. The van der Waals surface area contributed by atoms with E-state index in [4.69, 9.17) is 11.6 Å². The van der Waals surface area contributed by atoms with Crippen LogP contribution in [0.2, 0.25) is 5.02 Å². The third kappa shape index (κ3) is 4.56. The molecule has 120 valence electrons. The molecule has 0 bridgehead atoms. The van der Waals surface area contributed by atoms with Crippen LogP contribution in [-0.2, 0) is 0 Å². The average molecular weight is 335 g/mol. The van der Waals surface area contributed by atoms with Crippen LogP contribution in [0.15, 0.2) is 18.2 Å². The lowest BCUT2D eigenvalue weighted by molar-refractivity contribution is 0.123. The van der Waals surface area contributed by atoms with E-state index in [9.17, 15) is 4.39 Å². The van der Waals surface area contributed by atoms with Gasteiger partial charge in [-0.05, 0) is 18.4 Å². The summed E-state index contributed by atoms with van der Waals surface area (Å²) >= 11 is 5.97. The molecule has 2 nitrogen and oxygen atoms in total. The summed E-state index contributed by atoms with van der Waals surface area (Å²) in [6.45, 7) is 8.26. The van der Waals surface area contributed by atoms with Gasteiger partial charge in [0.25, 0.3) is 0 Å². The fourth-order valence-electron chi connectivity index (χ4n) is 3.19. The monoisotopic (exact) mass is 334 g/mol. The molecule has 0 aromatic heterocycles. The van der Waals surface area contributed by atoms with Gasteiger partial charge in [0.1, 0.15) is 5.82 Å². The summed E-state index contributed by atoms with van der Waals surface area (Å²) < 4.78 is 14.4. The molecule has 0 aliphatic carbocycles. The van der Waals surface area contributed by atoms with Crippen molar-refractivity contribution in [3.05, 3.63) is 34.6 Å². The van der Waals surface area contributed by atoms with Crippen LogP contribution in [0.1, 0.15) is 38.3 Å². The number of benzene rings is 1. The Kier molecular flexibility index (Phi) is 7.96. The van der Waals surface area contributed by atoms with Gasteiger partial charge >= 0.3 is 0 Å². The van der Waals surface area contributed by atoms with Crippen LogP contribution in [0.3, 0.4) is 0 Å². The first kappa shape index (κ1) is 18.7. The van der Waals surface area contributed by atoms with E-state index in [2.05, 4.69) is 24.1 Å². The SMILES string of the molecule is CCCC(C)[C@H](c1cccc(Cl)c1F)N1CCNCC1.Cl.